The zero-order valence-corrected chi connectivity index (χ0v) is 18.5. The molecular weight excluding hydrogens is 378 g/mol. The van der Waals surface area contributed by atoms with Crippen molar-refractivity contribution < 1.29 is 4.79 Å². The average Bonchev–Trinajstić information content (AvgIpc) is 3.01. The number of rotatable bonds is 3. The van der Waals surface area contributed by atoms with E-state index in [0.29, 0.717) is 23.0 Å². The standard InChI is InChI=1S/C24H29N3OS/c1-24(2,3)17-10-11-19-16(12-17)13-18-20(25)21(29-22(18)26-19)23(28)27(4)14-15-8-6-5-7-9-15/h5-9,13,17H,10-12,14,25H2,1-4H3. The lowest BCUT2D eigenvalue weighted by Gasteiger charge is -2.34. The van der Waals surface area contributed by atoms with Gasteiger partial charge in [0.05, 0.1) is 5.69 Å². The number of nitrogens with two attached hydrogens (primary N) is 1. The lowest BCUT2D eigenvalue weighted by atomic mass is 9.71. The van der Waals surface area contributed by atoms with E-state index in [4.69, 9.17) is 10.7 Å². The summed E-state index contributed by atoms with van der Waals surface area (Å²) in [6.45, 7) is 7.50. The molecule has 1 amide bonds. The Hall–Kier alpha value is -2.40. The molecular formula is C24H29N3OS. The van der Waals surface area contributed by atoms with Crippen LogP contribution in [0.4, 0.5) is 5.69 Å². The summed E-state index contributed by atoms with van der Waals surface area (Å²) in [6.07, 6.45) is 3.21. The minimum Gasteiger partial charge on any atom is -0.397 e. The third-order valence-electron chi connectivity index (χ3n) is 6.11. The summed E-state index contributed by atoms with van der Waals surface area (Å²) in [7, 11) is 1.82. The van der Waals surface area contributed by atoms with Crippen LogP contribution < -0.4 is 5.73 Å². The lowest BCUT2D eigenvalue weighted by molar-refractivity contribution is 0.0791. The van der Waals surface area contributed by atoms with Crippen molar-refractivity contribution >= 4 is 33.1 Å². The van der Waals surface area contributed by atoms with Crippen LogP contribution in [0.25, 0.3) is 10.2 Å². The second kappa shape index (κ2) is 7.45. The summed E-state index contributed by atoms with van der Waals surface area (Å²) in [4.78, 5) is 21.2. The second-order valence-electron chi connectivity index (χ2n) is 9.24. The number of carbonyl (C=O) groups is 1. The van der Waals surface area contributed by atoms with Crippen LogP contribution >= 0.6 is 11.3 Å². The van der Waals surface area contributed by atoms with Crippen molar-refractivity contribution in [2.24, 2.45) is 11.3 Å². The highest BCUT2D eigenvalue weighted by Crippen LogP contribution is 2.40. The molecule has 0 fully saturated rings. The number of thiophene rings is 1. The number of hydrogen-bond acceptors (Lipinski definition) is 4. The normalized spacial score (nSPS) is 16.6. The van der Waals surface area contributed by atoms with Gasteiger partial charge in [-0.25, -0.2) is 4.98 Å². The Morgan fingerprint density at radius 1 is 1.28 bits per heavy atom. The molecule has 1 aliphatic rings. The summed E-state index contributed by atoms with van der Waals surface area (Å²) < 4.78 is 0. The topological polar surface area (TPSA) is 59.2 Å². The molecule has 0 saturated carbocycles. The van der Waals surface area contributed by atoms with E-state index in [9.17, 15) is 4.79 Å². The van der Waals surface area contributed by atoms with Gasteiger partial charge in [-0.05, 0) is 47.8 Å². The first-order valence-electron chi connectivity index (χ1n) is 10.2. The van der Waals surface area contributed by atoms with Crippen molar-refractivity contribution in [3.8, 4) is 0 Å². The molecule has 0 bridgehead atoms. The first kappa shape index (κ1) is 19.9. The maximum absolute atomic E-state index is 13.1. The number of carbonyl (C=O) groups excluding carboxylic acids is 1. The Morgan fingerprint density at radius 3 is 2.69 bits per heavy atom. The van der Waals surface area contributed by atoms with E-state index in [1.807, 2.05) is 37.4 Å². The highest BCUT2D eigenvalue weighted by atomic mass is 32.1. The number of aryl methyl sites for hydroxylation is 1. The van der Waals surface area contributed by atoms with Crippen LogP contribution in [0.2, 0.25) is 0 Å². The molecule has 0 radical (unpaired) electrons. The third kappa shape index (κ3) is 3.88. The van der Waals surface area contributed by atoms with Gasteiger partial charge in [0.15, 0.2) is 0 Å². The molecule has 1 atom stereocenters. The van der Waals surface area contributed by atoms with Gasteiger partial charge >= 0.3 is 0 Å². The molecule has 1 aliphatic carbocycles. The zero-order chi connectivity index (χ0) is 20.8. The lowest BCUT2D eigenvalue weighted by Crippen LogP contribution is -2.27. The van der Waals surface area contributed by atoms with Crippen molar-refractivity contribution in [3.63, 3.8) is 0 Å². The fraction of sp³-hybridized carbons (Fsp3) is 0.417. The van der Waals surface area contributed by atoms with Crippen LogP contribution in [0, 0.1) is 11.3 Å². The Bertz CT molecular complexity index is 1050. The highest BCUT2D eigenvalue weighted by molar-refractivity contribution is 7.21. The number of pyridine rings is 1. The van der Waals surface area contributed by atoms with Crippen molar-refractivity contribution in [2.45, 2.75) is 46.6 Å². The Balaban J connectivity index is 1.63. The Kier molecular flexibility index (Phi) is 5.11. The van der Waals surface area contributed by atoms with E-state index < -0.39 is 0 Å². The molecule has 1 aromatic carbocycles. The zero-order valence-electron chi connectivity index (χ0n) is 17.7. The van der Waals surface area contributed by atoms with Gasteiger partial charge in [0, 0.05) is 24.7 Å². The summed E-state index contributed by atoms with van der Waals surface area (Å²) in [6, 6.07) is 12.2. The first-order valence-corrected chi connectivity index (χ1v) is 11.1. The molecule has 1 unspecified atom stereocenters. The molecule has 152 valence electrons. The van der Waals surface area contributed by atoms with Crippen LogP contribution in [-0.2, 0) is 19.4 Å². The van der Waals surface area contributed by atoms with Crippen molar-refractivity contribution in [3.05, 3.63) is 58.1 Å². The van der Waals surface area contributed by atoms with Gasteiger partial charge < -0.3 is 10.6 Å². The van der Waals surface area contributed by atoms with Crippen molar-refractivity contribution in [1.29, 1.82) is 0 Å². The predicted octanol–water partition coefficient (Wildman–Crippen LogP) is 5.30. The number of aromatic nitrogens is 1. The van der Waals surface area contributed by atoms with Crippen LogP contribution in [0.3, 0.4) is 0 Å². The quantitative estimate of drug-likeness (QED) is 0.641. The van der Waals surface area contributed by atoms with E-state index >= 15 is 0 Å². The second-order valence-corrected chi connectivity index (χ2v) is 10.2. The van der Waals surface area contributed by atoms with E-state index in [-0.39, 0.29) is 11.3 Å². The Morgan fingerprint density at radius 2 is 2.00 bits per heavy atom. The van der Waals surface area contributed by atoms with Gasteiger partial charge in [-0.1, -0.05) is 51.1 Å². The monoisotopic (exact) mass is 407 g/mol. The van der Waals surface area contributed by atoms with E-state index in [1.54, 1.807) is 4.90 Å². The van der Waals surface area contributed by atoms with Crippen LogP contribution in [0.1, 0.15) is 53.7 Å². The van der Waals surface area contributed by atoms with Gasteiger partial charge in [0.25, 0.3) is 5.91 Å². The molecule has 0 spiro atoms. The van der Waals surface area contributed by atoms with E-state index in [2.05, 4.69) is 26.8 Å². The molecule has 2 aromatic heterocycles. The number of nitrogens with zero attached hydrogens (tertiary/aromatic N) is 2. The molecule has 4 rings (SSSR count). The molecule has 3 aromatic rings. The van der Waals surface area contributed by atoms with Gasteiger partial charge in [0.1, 0.15) is 9.71 Å². The SMILES string of the molecule is CN(Cc1ccccc1)C(=O)c1sc2nc3c(cc2c1N)CC(C(C)(C)C)CC3. The van der Waals surface area contributed by atoms with E-state index in [1.165, 1.54) is 29.0 Å². The number of nitrogen functional groups attached to an aromatic ring is 1. The molecule has 2 heterocycles. The fourth-order valence-corrected chi connectivity index (χ4v) is 5.28. The molecule has 29 heavy (non-hydrogen) atoms. The van der Waals surface area contributed by atoms with Crippen molar-refractivity contribution in [2.75, 3.05) is 12.8 Å². The average molecular weight is 408 g/mol. The third-order valence-corrected chi connectivity index (χ3v) is 7.22. The minimum absolute atomic E-state index is 0.0418. The highest BCUT2D eigenvalue weighted by Gasteiger charge is 2.30. The van der Waals surface area contributed by atoms with Gasteiger partial charge in [0.2, 0.25) is 0 Å². The van der Waals surface area contributed by atoms with Gasteiger partial charge in [-0.2, -0.15) is 0 Å². The first-order chi connectivity index (χ1) is 13.7. The largest absolute Gasteiger partial charge is 0.397 e. The van der Waals surface area contributed by atoms with Gasteiger partial charge in [-0.3, -0.25) is 4.79 Å². The van der Waals surface area contributed by atoms with Crippen molar-refractivity contribution in [1.82, 2.24) is 9.88 Å². The number of amides is 1. The molecule has 4 nitrogen and oxygen atoms in total. The fourth-order valence-electron chi connectivity index (χ4n) is 4.19. The molecule has 0 aliphatic heterocycles. The number of hydrogen-bond donors (Lipinski definition) is 1. The Labute approximate surface area is 176 Å². The summed E-state index contributed by atoms with van der Waals surface area (Å²) in [5.74, 6) is 0.604. The number of benzene rings is 1. The summed E-state index contributed by atoms with van der Waals surface area (Å²) >= 11 is 1.42. The van der Waals surface area contributed by atoms with Crippen LogP contribution in [0.5, 0.6) is 0 Å². The minimum atomic E-state index is -0.0418. The molecule has 0 saturated heterocycles. The summed E-state index contributed by atoms with van der Waals surface area (Å²) in [5.41, 5.74) is 10.9. The maximum Gasteiger partial charge on any atom is 0.266 e. The van der Waals surface area contributed by atoms with Crippen LogP contribution in [-0.4, -0.2) is 22.8 Å². The summed E-state index contributed by atoms with van der Waals surface area (Å²) in [5, 5.41) is 0.930. The number of fused-ring (bicyclic) bond motifs is 2. The molecule has 2 N–H and O–H groups in total. The smallest absolute Gasteiger partial charge is 0.266 e. The van der Waals surface area contributed by atoms with E-state index in [0.717, 1.165) is 28.6 Å². The molecule has 5 heteroatoms. The van der Waals surface area contributed by atoms with Gasteiger partial charge in [-0.15, -0.1) is 11.3 Å². The van der Waals surface area contributed by atoms with Crippen LogP contribution in [0.15, 0.2) is 36.4 Å². The maximum atomic E-state index is 13.1. The number of anilines is 1. The predicted molar refractivity (Wildman–Crippen MR) is 121 cm³/mol.